The Hall–Kier alpha value is -1.64. The van der Waals surface area contributed by atoms with Gasteiger partial charge in [0, 0.05) is 12.6 Å². The number of sulfonamides is 1. The average Bonchev–Trinajstić information content (AvgIpc) is 3.05. The SMILES string of the molecule is CS(=O)(=O)NC1CCN2C(=O)COc3ccccc3C3CCC(CC3)OCC12. The zero-order valence-corrected chi connectivity index (χ0v) is 17.0. The molecule has 3 heterocycles. The number of benzene rings is 1. The molecule has 1 amide bonds. The third kappa shape index (κ3) is 4.34. The van der Waals surface area contributed by atoms with Crippen molar-refractivity contribution in [2.24, 2.45) is 0 Å². The number of para-hydroxylation sites is 1. The van der Waals surface area contributed by atoms with Crippen molar-refractivity contribution in [2.75, 3.05) is 26.0 Å². The number of hydrogen-bond acceptors (Lipinski definition) is 5. The van der Waals surface area contributed by atoms with E-state index >= 15 is 0 Å². The van der Waals surface area contributed by atoms with E-state index in [4.69, 9.17) is 9.47 Å². The molecule has 2 bridgehead atoms. The van der Waals surface area contributed by atoms with Gasteiger partial charge in [0.2, 0.25) is 10.0 Å². The number of amides is 1. The number of nitrogens with one attached hydrogen (secondary N) is 1. The van der Waals surface area contributed by atoms with Crippen LogP contribution in [0, 0.1) is 0 Å². The lowest BCUT2D eigenvalue weighted by atomic mass is 9.82. The van der Waals surface area contributed by atoms with Crippen LogP contribution in [0.25, 0.3) is 0 Å². The number of nitrogens with zero attached hydrogens (tertiary/aromatic N) is 1. The van der Waals surface area contributed by atoms with Gasteiger partial charge in [-0.05, 0) is 49.7 Å². The molecule has 5 rings (SSSR count). The van der Waals surface area contributed by atoms with E-state index in [-0.39, 0.29) is 30.7 Å². The molecule has 3 aliphatic heterocycles. The fourth-order valence-electron chi connectivity index (χ4n) is 4.73. The Bertz CT molecular complexity index is 820. The first-order valence-electron chi connectivity index (χ1n) is 10.0. The molecule has 28 heavy (non-hydrogen) atoms. The molecule has 2 atom stereocenters. The van der Waals surface area contributed by atoms with Crippen molar-refractivity contribution in [2.45, 2.75) is 56.2 Å². The highest BCUT2D eigenvalue weighted by atomic mass is 32.2. The van der Waals surface area contributed by atoms with Crippen molar-refractivity contribution in [3.63, 3.8) is 0 Å². The van der Waals surface area contributed by atoms with Gasteiger partial charge in [-0.2, -0.15) is 0 Å². The highest BCUT2D eigenvalue weighted by Crippen LogP contribution is 2.38. The maximum absolute atomic E-state index is 12.9. The molecule has 1 saturated heterocycles. The molecule has 0 radical (unpaired) electrons. The predicted molar refractivity (Wildman–Crippen MR) is 105 cm³/mol. The molecule has 0 aromatic heterocycles. The van der Waals surface area contributed by atoms with E-state index in [0.29, 0.717) is 25.5 Å². The molecule has 8 heteroatoms. The molecular weight excluding hydrogens is 380 g/mol. The molecule has 4 aliphatic rings. The monoisotopic (exact) mass is 408 g/mol. The summed E-state index contributed by atoms with van der Waals surface area (Å²) in [6, 6.07) is 7.34. The Morgan fingerprint density at radius 1 is 1.11 bits per heavy atom. The fraction of sp³-hybridized carbons (Fsp3) is 0.650. The summed E-state index contributed by atoms with van der Waals surface area (Å²) in [6.07, 6.45) is 5.86. The Morgan fingerprint density at radius 2 is 1.86 bits per heavy atom. The lowest BCUT2D eigenvalue weighted by Crippen LogP contribution is -2.50. The number of ether oxygens (including phenoxy) is 2. The van der Waals surface area contributed by atoms with Gasteiger partial charge >= 0.3 is 0 Å². The van der Waals surface area contributed by atoms with Gasteiger partial charge in [0.05, 0.1) is 25.0 Å². The van der Waals surface area contributed by atoms with Crippen molar-refractivity contribution in [3.05, 3.63) is 29.8 Å². The van der Waals surface area contributed by atoms with E-state index in [1.165, 1.54) is 5.56 Å². The van der Waals surface area contributed by atoms with Crippen LogP contribution in [0.4, 0.5) is 0 Å². The van der Waals surface area contributed by atoms with Crippen LogP contribution in [0.5, 0.6) is 5.75 Å². The average molecular weight is 409 g/mol. The normalized spacial score (nSPS) is 31.2. The van der Waals surface area contributed by atoms with E-state index in [1.54, 1.807) is 4.90 Å². The van der Waals surface area contributed by atoms with Crippen LogP contribution in [0.3, 0.4) is 0 Å². The second-order valence-corrected chi connectivity index (χ2v) is 9.85. The highest BCUT2D eigenvalue weighted by molar-refractivity contribution is 7.88. The number of rotatable bonds is 2. The highest BCUT2D eigenvalue weighted by Gasteiger charge is 2.39. The zero-order valence-electron chi connectivity index (χ0n) is 16.2. The van der Waals surface area contributed by atoms with E-state index in [9.17, 15) is 13.2 Å². The van der Waals surface area contributed by atoms with Gasteiger partial charge in [-0.1, -0.05) is 18.2 Å². The van der Waals surface area contributed by atoms with Crippen LogP contribution in [0.15, 0.2) is 24.3 Å². The molecule has 2 fully saturated rings. The van der Waals surface area contributed by atoms with Crippen LogP contribution in [-0.2, 0) is 19.6 Å². The fourth-order valence-corrected chi connectivity index (χ4v) is 5.55. The van der Waals surface area contributed by atoms with Crippen molar-refractivity contribution in [3.8, 4) is 5.75 Å². The topological polar surface area (TPSA) is 84.9 Å². The number of fused-ring (bicyclic) bond motifs is 5. The molecule has 154 valence electrons. The Kier molecular flexibility index (Phi) is 5.62. The number of carbonyl (C=O) groups is 1. The van der Waals surface area contributed by atoms with E-state index in [1.807, 2.05) is 18.2 Å². The first-order valence-corrected chi connectivity index (χ1v) is 11.9. The third-order valence-corrected chi connectivity index (χ3v) is 6.85. The summed E-state index contributed by atoms with van der Waals surface area (Å²) < 4.78 is 38.3. The minimum absolute atomic E-state index is 0.0464. The van der Waals surface area contributed by atoms with Crippen molar-refractivity contribution >= 4 is 15.9 Å². The quantitative estimate of drug-likeness (QED) is 0.804. The molecule has 0 spiro atoms. The minimum Gasteiger partial charge on any atom is -0.483 e. The molecular formula is C20H28N2O5S. The summed E-state index contributed by atoms with van der Waals surface area (Å²) in [5, 5.41) is 0. The molecule has 1 aliphatic carbocycles. The molecule has 1 aromatic carbocycles. The van der Waals surface area contributed by atoms with Crippen LogP contribution in [0.2, 0.25) is 0 Å². The van der Waals surface area contributed by atoms with Gasteiger partial charge in [0.1, 0.15) is 5.75 Å². The minimum atomic E-state index is -3.36. The Balaban J connectivity index is 1.59. The van der Waals surface area contributed by atoms with Gasteiger partial charge in [0.15, 0.2) is 6.61 Å². The maximum Gasteiger partial charge on any atom is 0.260 e. The van der Waals surface area contributed by atoms with Gasteiger partial charge < -0.3 is 14.4 Å². The third-order valence-electron chi connectivity index (χ3n) is 6.12. The van der Waals surface area contributed by atoms with Crippen LogP contribution < -0.4 is 9.46 Å². The number of carbonyl (C=O) groups excluding carboxylic acids is 1. The number of hydrogen-bond donors (Lipinski definition) is 1. The van der Waals surface area contributed by atoms with Crippen molar-refractivity contribution in [1.29, 1.82) is 0 Å². The summed E-state index contributed by atoms with van der Waals surface area (Å²) in [5.74, 6) is 1.07. The first kappa shape index (κ1) is 19.7. The first-order chi connectivity index (χ1) is 13.4. The summed E-state index contributed by atoms with van der Waals surface area (Å²) in [5.41, 5.74) is 1.17. The lowest BCUT2D eigenvalue weighted by molar-refractivity contribution is -0.136. The van der Waals surface area contributed by atoms with Crippen molar-refractivity contribution < 1.29 is 22.7 Å². The van der Waals surface area contributed by atoms with Crippen LogP contribution in [0.1, 0.15) is 43.6 Å². The van der Waals surface area contributed by atoms with E-state index in [0.717, 1.165) is 37.7 Å². The molecule has 2 unspecified atom stereocenters. The Morgan fingerprint density at radius 3 is 2.61 bits per heavy atom. The van der Waals surface area contributed by atoms with E-state index < -0.39 is 10.0 Å². The van der Waals surface area contributed by atoms with Crippen molar-refractivity contribution in [1.82, 2.24) is 9.62 Å². The molecule has 1 saturated carbocycles. The predicted octanol–water partition coefficient (Wildman–Crippen LogP) is 1.64. The van der Waals surface area contributed by atoms with Gasteiger partial charge in [-0.3, -0.25) is 4.79 Å². The maximum atomic E-state index is 12.9. The standard InChI is InChI=1S/C20H28N2O5S/c1-28(24,25)21-17-10-11-22-18(17)12-26-15-8-6-14(7-9-15)16-4-2-3-5-19(16)27-13-20(22)23/h2-5,14-15,17-18,21H,6-13H2,1H3. The summed E-state index contributed by atoms with van der Waals surface area (Å²) >= 11 is 0. The van der Waals surface area contributed by atoms with Crippen LogP contribution in [-0.4, -0.2) is 63.4 Å². The summed E-state index contributed by atoms with van der Waals surface area (Å²) in [4.78, 5) is 14.6. The summed E-state index contributed by atoms with van der Waals surface area (Å²) in [7, 11) is -3.36. The lowest BCUT2D eigenvalue weighted by Gasteiger charge is -2.32. The van der Waals surface area contributed by atoms with Gasteiger partial charge in [0.25, 0.3) is 5.91 Å². The molecule has 1 aromatic rings. The molecule has 7 nitrogen and oxygen atoms in total. The van der Waals surface area contributed by atoms with Gasteiger partial charge in [-0.25, -0.2) is 13.1 Å². The second kappa shape index (κ2) is 8.00. The Labute approximate surface area is 166 Å². The second-order valence-electron chi connectivity index (χ2n) is 8.07. The zero-order chi connectivity index (χ0) is 19.7. The van der Waals surface area contributed by atoms with E-state index in [2.05, 4.69) is 10.8 Å². The summed E-state index contributed by atoms with van der Waals surface area (Å²) in [6.45, 7) is 0.800. The van der Waals surface area contributed by atoms with Gasteiger partial charge in [-0.15, -0.1) is 0 Å². The largest absolute Gasteiger partial charge is 0.483 e. The smallest absolute Gasteiger partial charge is 0.260 e. The molecule has 1 N–H and O–H groups in total. The van der Waals surface area contributed by atoms with Crippen LogP contribution >= 0.6 is 0 Å².